The van der Waals surface area contributed by atoms with Crippen molar-refractivity contribution in [3.63, 3.8) is 0 Å². The highest BCUT2D eigenvalue weighted by atomic mass is 32.1. The fourth-order valence-corrected chi connectivity index (χ4v) is 1.12. The summed E-state index contributed by atoms with van der Waals surface area (Å²) >= 11 is 4.95. The second kappa shape index (κ2) is 7.27. The van der Waals surface area contributed by atoms with Gasteiger partial charge in [-0.3, -0.25) is 0 Å². The lowest BCUT2D eigenvalue weighted by Gasteiger charge is -2.19. The van der Waals surface area contributed by atoms with Gasteiger partial charge in [0.15, 0.2) is 5.11 Å². The molecule has 0 radical (unpaired) electrons. The highest BCUT2D eigenvalue weighted by Crippen LogP contribution is 2.05. The molecule has 0 aromatic rings. The smallest absolute Gasteiger partial charge is 0.407 e. The summed E-state index contributed by atoms with van der Waals surface area (Å²) in [4.78, 5) is 11.2. The second-order valence-electron chi connectivity index (χ2n) is 4.21. The molecule has 0 aliphatic rings. The molecular weight excluding hydrogens is 226 g/mol. The van der Waals surface area contributed by atoms with Crippen molar-refractivity contribution in [1.82, 2.24) is 16.0 Å². The molecule has 1 amide bonds. The van der Waals surface area contributed by atoms with Crippen LogP contribution >= 0.6 is 12.2 Å². The van der Waals surface area contributed by atoms with Crippen molar-refractivity contribution >= 4 is 23.4 Å². The van der Waals surface area contributed by atoms with Crippen LogP contribution in [0, 0.1) is 0 Å². The van der Waals surface area contributed by atoms with Crippen LogP contribution in [0.2, 0.25) is 0 Å². The van der Waals surface area contributed by atoms with E-state index in [1.807, 2.05) is 27.7 Å². The van der Waals surface area contributed by atoms with E-state index in [0.29, 0.717) is 18.2 Å². The Morgan fingerprint density at radius 1 is 1.19 bits per heavy atom. The molecular formula is C10H21N3O2S. The Morgan fingerprint density at radius 2 is 1.75 bits per heavy atom. The van der Waals surface area contributed by atoms with Gasteiger partial charge < -0.3 is 20.7 Å². The van der Waals surface area contributed by atoms with Gasteiger partial charge in [0.25, 0.3) is 0 Å². The Kier molecular flexibility index (Phi) is 6.80. The molecule has 0 aliphatic heterocycles. The SMILES string of the molecule is CCNC(=S)NCCNC(=O)OC(C)(C)C. The molecule has 0 unspecified atom stereocenters. The monoisotopic (exact) mass is 247 g/mol. The van der Waals surface area contributed by atoms with Crippen molar-refractivity contribution < 1.29 is 9.53 Å². The zero-order chi connectivity index (χ0) is 12.6. The number of nitrogens with one attached hydrogen (secondary N) is 3. The lowest BCUT2D eigenvalue weighted by Crippen LogP contribution is -2.41. The summed E-state index contributed by atoms with van der Waals surface area (Å²) in [6.07, 6.45) is -0.413. The third kappa shape index (κ3) is 9.51. The Bertz CT molecular complexity index is 239. The van der Waals surface area contributed by atoms with Crippen LogP contribution in [-0.4, -0.2) is 36.4 Å². The molecule has 0 aliphatic carbocycles. The Balaban J connectivity index is 3.52. The van der Waals surface area contributed by atoms with Gasteiger partial charge >= 0.3 is 6.09 Å². The summed E-state index contributed by atoms with van der Waals surface area (Å²) in [6.45, 7) is 9.27. The number of hydrogen-bond donors (Lipinski definition) is 3. The van der Waals surface area contributed by atoms with Gasteiger partial charge in [-0.05, 0) is 39.9 Å². The molecule has 0 saturated heterocycles. The zero-order valence-electron chi connectivity index (χ0n) is 10.3. The molecule has 0 saturated carbocycles. The fourth-order valence-electron chi connectivity index (χ4n) is 0.878. The molecule has 0 heterocycles. The van der Waals surface area contributed by atoms with Crippen LogP contribution in [0.15, 0.2) is 0 Å². The molecule has 0 bridgehead atoms. The predicted octanol–water partition coefficient (Wildman–Crippen LogP) is 0.995. The third-order valence-electron chi connectivity index (χ3n) is 1.42. The van der Waals surface area contributed by atoms with E-state index in [-0.39, 0.29) is 0 Å². The number of ether oxygens (including phenoxy) is 1. The number of rotatable bonds is 4. The van der Waals surface area contributed by atoms with E-state index >= 15 is 0 Å². The van der Waals surface area contributed by atoms with E-state index in [1.165, 1.54) is 0 Å². The largest absolute Gasteiger partial charge is 0.444 e. The lowest BCUT2D eigenvalue weighted by molar-refractivity contribution is 0.0529. The maximum Gasteiger partial charge on any atom is 0.407 e. The van der Waals surface area contributed by atoms with Crippen LogP contribution in [0.4, 0.5) is 4.79 Å². The third-order valence-corrected chi connectivity index (χ3v) is 1.70. The van der Waals surface area contributed by atoms with Gasteiger partial charge in [0.1, 0.15) is 5.60 Å². The van der Waals surface area contributed by atoms with Gasteiger partial charge in [-0.15, -0.1) is 0 Å². The zero-order valence-corrected chi connectivity index (χ0v) is 11.2. The van der Waals surface area contributed by atoms with E-state index in [9.17, 15) is 4.79 Å². The van der Waals surface area contributed by atoms with Gasteiger partial charge in [-0.25, -0.2) is 4.79 Å². The summed E-state index contributed by atoms with van der Waals surface area (Å²) in [7, 11) is 0. The first-order valence-electron chi connectivity index (χ1n) is 5.33. The molecule has 5 nitrogen and oxygen atoms in total. The number of hydrogen-bond acceptors (Lipinski definition) is 3. The van der Waals surface area contributed by atoms with Crippen LogP contribution in [0.1, 0.15) is 27.7 Å². The van der Waals surface area contributed by atoms with Gasteiger partial charge in [0.2, 0.25) is 0 Å². The van der Waals surface area contributed by atoms with Crippen molar-refractivity contribution in [2.75, 3.05) is 19.6 Å². The highest BCUT2D eigenvalue weighted by molar-refractivity contribution is 7.80. The van der Waals surface area contributed by atoms with Crippen LogP contribution in [0.5, 0.6) is 0 Å². The number of thiocarbonyl (C=S) groups is 1. The minimum Gasteiger partial charge on any atom is -0.444 e. The number of amides is 1. The predicted molar refractivity (Wildman–Crippen MR) is 68.5 cm³/mol. The van der Waals surface area contributed by atoms with Crippen LogP contribution in [0.3, 0.4) is 0 Å². The Morgan fingerprint density at radius 3 is 2.25 bits per heavy atom. The van der Waals surface area contributed by atoms with Crippen molar-refractivity contribution in [2.24, 2.45) is 0 Å². The molecule has 16 heavy (non-hydrogen) atoms. The molecule has 0 spiro atoms. The van der Waals surface area contributed by atoms with Gasteiger partial charge in [0, 0.05) is 19.6 Å². The van der Waals surface area contributed by atoms with E-state index in [0.717, 1.165) is 6.54 Å². The first-order valence-corrected chi connectivity index (χ1v) is 5.74. The molecule has 94 valence electrons. The van der Waals surface area contributed by atoms with Crippen molar-refractivity contribution in [1.29, 1.82) is 0 Å². The number of carbonyl (C=O) groups excluding carboxylic acids is 1. The lowest BCUT2D eigenvalue weighted by atomic mass is 10.2. The molecule has 0 aromatic heterocycles. The quantitative estimate of drug-likeness (QED) is 0.511. The Labute approximate surface area is 102 Å². The first kappa shape index (κ1) is 15.0. The number of alkyl carbamates (subject to hydrolysis) is 1. The van der Waals surface area contributed by atoms with E-state index < -0.39 is 11.7 Å². The minimum atomic E-state index is -0.462. The average Bonchev–Trinajstić information content (AvgIpc) is 2.10. The number of carbonyl (C=O) groups is 1. The summed E-state index contributed by atoms with van der Waals surface area (Å²) in [6, 6.07) is 0. The Hall–Kier alpha value is -1.04. The van der Waals surface area contributed by atoms with E-state index in [1.54, 1.807) is 0 Å². The highest BCUT2D eigenvalue weighted by Gasteiger charge is 2.15. The maximum atomic E-state index is 11.2. The van der Waals surface area contributed by atoms with Gasteiger partial charge in [-0.2, -0.15) is 0 Å². The topological polar surface area (TPSA) is 62.4 Å². The summed E-state index contributed by atoms with van der Waals surface area (Å²) < 4.78 is 5.07. The summed E-state index contributed by atoms with van der Waals surface area (Å²) in [5.74, 6) is 0. The van der Waals surface area contributed by atoms with Crippen molar-refractivity contribution in [2.45, 2.75) is 33.3 Å². The first-order chi connectivity index (χ1) is 7.35. The van der Waals surface area contributed by atoms with Crippen LogP contribution in [-0.2, 0) is 4.74 Å². The standard InChI is InChI=1S/C10H21N3O2S/c1-5-11-8(16)12-6-7-13-9(14)15-10(2,3)4/h5-7H2,1-4H3,(H,13,14)(H2,11,12,16). The summed E-state index contributed by atoms with van der Waals surface area (Å²) in [5.41, 5.74) is -0.462. The van der Waals surface area contributed by atoms with E-state index in [4.69, 9.17) is 17.0 Å². The molecule has 0 fully saturated rings. The van der Waals surface area contributed by atoms with Crippen LogP contribution < -0.4 is 16.0 Å². The molecule has 6 heteroatoms. The van der Waals surface area contributed by atoms with Crippen LogP contribution in [0.25, 0.3) is 0 Å². The fraction of sp³-hybridized carbons (Fsp3) is 0.800. The molecule has 3 N–H and O–H groups in total. The minimum absolute atomic E-state index is 0.413. The molecule has 0 rings (SSSR count). The second-order valence-corrected chi connectivity index (χ2v) is 4.62. The normalized spacial score (nSPS) is 10.5. The molecule has 0 atom stereocenters. The molecule has 0 aromatic carbocycles. The van der Waals surface area contributed by atoms with Gasteiger partial charge in [-0.1, -0.05) is 0 Å². The van der Waals surface area contributed by atoms with Gasteiger partial charge in [0.05, 0.1) is 0 Å². The maximum absolute atomic E-state index is 11.2. The summed E-state index contributed by atoms with van der Waals surface area (Å²) in [5, 5.41) is 9.12. The average molecular weight is 247 g/mol. The van der Waals surface area contributed by atoms with Crippen molar-refractivity contribution in [3.05, 3.63) is 0 Å². The van der Waals surface area contributed by atoms with E-state index in [2.05, 4.69) is 16.0 Å². The van der Waals surface area contributed by atoms with Crippen molar-refractivity contribution in [3.8, 4) is 0 Å².